The average molecular weight is 242 g/mol. The van der Waals surface area contributed by atoms with E-state index < -0.39 is 0 Å². The highest BCUT2D eigenvalue weighted by atomic mass is 35.5. The molecule has 1 aliphatic heterocycles. The molecule has 0 N–H and O–H groups in total. The van der Waals surface area contributed by atoms with E-state index in [4.69, 9.17) is 4.74 Å². The van der Waals surface area contributed by atoms with Gasteiger partial charge in [0.25, 0.3) is 0 Å². The van der Waals surface area contributed by atoms with Gasteiger partial charge in [-0.05, 0) is 38.6 Å². The van der Waals surface area contributed by atoms with E-state index in [1.807, 2.05) is 0 Å². The van der Waals surface area contributed by atoms with Crippen LogP contribution in [0.4, 0.5) is 0 Å². The van der Waals surface area contributed by atoms with Crippen LogP contribution in [0.25, 0.3) is 0 Å². The fourth-order valence-corrected chi connectivity index (χ4v) is 2.25. The number of likely N-dealkylation sites (N-methyl/N-ethyl adjacent to an activating group) is 1. The summed E-state index contributed by atoms with van der Waals surface area (Å²) in [5, 5.41) is 0. The Morgan fingerprint density at radius 3 is 2.81 bits per heavy atom. The van der Waals surface area contributed by atoms with E-state index in [-0.39, 0.29) is 12.4 Å². The third-order valence-electron chi connectivity index (χ3n) is 2.90. The molecule has 2 rings (SSSR count). The smallest absolute Gasteiger partial charge is 0.122 e. The van der Waals surface area contributed by atoms with E-state index in [0.717, 1.165) is 25.3 Å². The Morgan fingerprint density at radius 1 is 1.31 bits per heavy atom. The Balaban J connectivity index is 0.00000128. The normalized spacial score (nSPS) is 19.3. The molecule has 0 spiro atoms. The van der Waals surface area contributed by atoms with Gasteiger partial charge in [0.15, 0.2) is 0 Å². The molecule has 0 radical (unpaired) electrons. The van der Waals surface area contributed by atoms with Gasteiger partial charge in [0, 0.05) is 12.5 Å². The van der Waals surface area contributed by atoms with Crippen molar-refractivity contribution in [1.82, 2.24) is 4.90 Å². The van der Waals surface area contributed by atoms with E-state index >= 15 is 0 Å². The van der Waals surface area contributed by atoms with Crippen LogP contribution < -0.4 is 4.74 Å². The predicted octanol–water partition coefficient (Wildman–Crippen LogP) is 2.93. The first-order valence-corrected chi connectivity index (χ1v) is 5.64. The fourth-order valence-electron chi connectivity index (χ4n) is 2.25. The molecule has 1 aliphatic rings. The molecular formula is C13H20ClNO. The molecule has 0 saturated carbocycles. The van der Waals surface area contributed by atoms with Crippen molar-refractivity contribution in [2.24, 2.45) is 0 Å². The molecule has 1 atom stereocenters. The van der Waals surface area contributed by atoms with Crippen molar-refractivity contribution < 1.29 is 4.74 Å². The molecule has 1 aromatic carbocycles. The molecule has 0 amide bonds. The number of fused-ring (bicyclic) bond motifs is 1. The van der Waals surface area contributed by atoms with Crippen LogP contribution in [0.5, 0.6) is 5.75 Å². The minimum Gasteiger partial charge on any atom is -0.493 e. The maximum absolute atomic E-state index is 5.74. The Morgan fingerprint density at radius 2 is 2.06 bits per heavy atom. The highest BCUT2D eigenvalue weighted by Gasteiger charge is 2.19. The predicted molar refractivity (Wildman–Crippen MR) is 69.7 cm³/mol. The van der Waals surface area contributed by atoms with Crippen molar-refractivity contribution in [1.29, 1.82) is 0 Å². The summed E-state index contributed by atoms with van der Waals surface area (Å²) in [4.78, 5) is 2.26. The van der Waals surface area contributed by atoms with Crippen molar-refractivity contribution >= 4 is 12.4 Å². The second-order valence-corrected chi connectivity index (χ2v) is 4.49. The zero-order valence-electron chi connectivity index (χ0n) is 9.98. The van der Waals surface area contributed by atoms with E-state index in [1.54, 1.807) is 0 Å². The zero-order valence-corrected chi connectivity index (χ0v) is 10.8. The zero-order chi connectivity index (χ0) is 10.7. The van der Waals surface area contributed by atoms with Crippen molar-refractivity contribution in [3.05, 3.63) is 29.8 Å². The summed E-state index contributed by atoms with van der Waals surface area (Å²) in [7, 11) is 4.27. The van der Waals surface area contributed by atoms with Crippen LogP contribution >= 0.6 is 12.4 Å². The lowest BCUT2D eigenvalue weighted by atomic mass is 9.94. The van der Waals surface area contributed by atoms with Crippen LogP contribution in [0, 0.1) is 0 Å². The minimum absolute atomic E-state index is 0. The Labute approximate surface area is 104 Å². The van der Waals surface area contributed by atoms with Gasteiger partial charge in [0.1, 0.15) is 5.75 Å². The van der Waals surface area contributed by atoms with Gasteiger partial charge < -0.3 is 9.64 Å². The largest absolute Gasteiger partial charge is 0.493 e. The molecule has 2 nitrogen and oxygen atoms in total. The second-order valence-electron chi connectivity index (χ2n) is 4.49. The molecule has 0 aliphatic carbocycles. The number of nitrogens with zero attached hydrogens (tertiary/aromatic N) is 1. The molecular weight excluding hydrogens is 222 g/mol. The lowest BCUT2D eigenvalue weighted by Gasteiger charge is -2.20. The summed E-state index contributed by atoms with van der Waals surface area (Å²) < 4.78 is 5.74. The maximum Gasteiger partial charge on any atom is 0.122 e. The molecule has 1 unspecified atom stereocenters. The van der Waals surface area contributed by atoms with Gasteiger partial charge in [-0.2, -0.15) is 0 Å². The van der Waals surface area contributed by atoms with Crippen molar-refractivity contribution in [3.8, 4) is 5.75 Å². The molecule has 0 fully saturated rings. The Bertz CT molecular complexity index is 327. The van der Waals surface area contributed by atoms with Crippen LogP contribution in [-0.2, 0) is 0 Å². The summed E-state index contributed by atoms with van der Waals surface area (Å²) in [6.07, 6.45) is 2.39. The highest BCUT2D eigenvalue weighted by molar-refractivity contribution is 5.85. The molecule has 1 heterocycles. The molecule has 3 heteroatoms. The number of para-hydroxylation sites is 1. The minimum atomic E-state index is 0. The average Bonchev–Trinajstić information content (AvgIpc) is 2.41. The van der Waals surface area contributed by atoms with Gasteiger partial charge in [-0.15, -0.1) is 12.4 Å². The van der Waals surface area contributed by atoms with Gasteiger partial charge in [-0.1, -0.05) is 18.2 Å². The summed E-state index contributed by atoms with van der Waals surface area (Å²) in [5.41, 5.74) is 1.38. The van der Waals surface area contributed by atoms with E-state index in [9.17, 15) is 0 Å². The van der Waals surface area contributed by atoms with Crippen LogP contribution in [0.2, 0.25) is 0 Å². The van der Waals surface area contributed by atoms with Gasteiger partial charge in [-0.3, -0.25) is 0 Å². The summed E-state index contributed by atoms with van der Waals surface area (Å²) in [6.45, 7) is 1.97. The van der Waals surface area contributed by atoms with E-state index in [0.29, 0.717) is 5.92 Å². The topological polar surface area (TPSA) is 12.5 Å². The van der Waals surface area contributed by atoms with Crippen LogP contribution in [-0.4, -0.2) is 32.1 Å². The first kappa shape index (κ1) is 13.3. The lowest BCUT2D eigenvalue weighted by molar-refractivity contribution is 0.313. The molecule has 1 aromatic rings. The third kappa shape index (κ3) is 3.13. The van der Waals surface area contributed by atoms with Gasteiger partial charge in [0.2, 0.25) is 0 Å². The highest BCUT2D eigenvalue weighted by Crippen LogP contribution is 2.32. The second kappa shape index (κ2) is 6.12. The van der Waals surface area contributed by atoms with Crippen molar-refractivity contribution in [3.63, 3.8) is 0 Å². The van der Waals surface area contributed by atoms with E-state index in [2.05, 4.69) is 43.3 Å². The summed E-state index contributed by atoms with van der Waals surface area (Å²) in [5.74, 6) is 1.71. The van der Waals surface area contributed by atoms with Crippen LogP contribution in [0.15, 0.2) is 24.3 Å². The van der Waals surface area contributed by atoms with Gasteiger partial charge >= 0.3 is 0 Å². The quantitative estimate of drug-likeness (QED) is 0.790. The van der Waals surface area contributed by atoms with E-state index in [1.165, 1.54) is 12.0 Å². The maximum atomic E-state index is 5.74. The molecule has 16 heavy (non-hydrogen) atoms. The number of hydrogen-bond acceptors (Lipinski definition) is 2. The molecule has 0 saturated heterocycles. The molecule has 0 bridgehead atoms. The number of benzene rings is 1. The first-order chi connectivity index (χ1) is 7.27. The Hall–Kier alpha value is -0.730. The van der Waals surface area contributed by atoms with Crippen LogP contribution in [0.3, 0.4) is 0 Å². The Kier molecular flexibility index (Phi) is 5.10. The number of rotatable bonds is 2. The SMILES string of the molecule is CN(C)CC1CCCOc2ccccc21.Cl. The van der Waals surface area contributed by atoms with Gasteiger partial charge in [-0.25, -0.2) is 0 Å². The monoisotopic (exact) mass is 241 g/mol. The van der Waals surface area contributed by atoms with Crippen LogP contribution in [0.1, 0.15) is 24.3 Å². The number of halogens is 1. The third-order valence-corrected chi connectivity index (χ3v) is 2.90. The van der Waals surface area contributed by atoms with Gasteiger partial charge in [0.05, 0.1) is 6.61 Å². The first-order valence-electron chi connectivity index (χ1n) is 5.64. The fraction of sp³-hybridized carbons (Fsp3) is 0.538. The number of hydrogen-bond donors (Lipinski definition) is 0. The standard InChI is InChI=1S/C13H19NO.ClH/c1-14(2)10-11-6-5-9-15-13-8-4-3-7-12(11)13;/h3-4,7-8,11H,5-6,9-10H2,1-2H3;1H. The number of ether oxygens (including phenoxy) is 1. The molecule has 0 aromatic heterocycles. The molecule has 90 valence electrons. The van der Waals surface area contributed by atoms with Crippen molar-refractivity contribution in [2.45, 2.75) is 18.8 Å². The van der Waals surface area contributed by atoms with Crippen molar-refractivity contribution in [2.75, 3.05) is 27.2 Å². The summed E-state index contributed by atoms with van der Waals surface area (Å²) >= 11 is 0. The summed E-state index contributed by atoms with van der Waals surface area (Å²) in [6, 6.07) is 8.45. The lowest BCUT2D eigenvalue weighted by Crippen LogP contribution is -2.20.